The largest absolute Gasteiger partial charge is 1.00 e. The maximum atomic E-state index is 8.57. The van der Waals surface area contributed by atoms with Crippen molar-refractivity contribution in [2.24, 2.45) is 0 Å². The lowest BCUT2D eigenvalue weighted by Crippen LogP contribution is -3.02. The SMILES string of the molecule is CCn1cc[n+](CCO)c1.C[NH+](C)C.[Br-].[Br-]. The zero-order chi connectivity index (χ0) is 11.0. The maximum absolute atomic E-state index is 8.57. The average Bonchev–Trinajstić information content (AvgIpc) is 2.52. The van der Waals surface area contributed by atoms with Crippen LogP contribution in [0, 0.1) is 0 Å². The summed E-state index contributed by atoms with van der Waals surface area (Å²) in [6.07, 6.45) is 5.94. The quantitative estimate of drug-likeness (QED) is 0.516. The molecule has 0 aliphatic carbocycles. The summed E-state index contributed by atoms with van der Waals surface area (Å²) in [6, 6.07) is 0. The molecule has 0 fully saturated rings. The minimum atomic E-state index is 0. The van der Waals surface area contributed by atoms with Crippen molar-refractivity contribution in [1.29, 1.82) is 0 Å². The fourth-order valence-corrected chi connectivity index (χ4v) is 0.874. The van der Waals surface area contributed by atoms with Crippen molar-refractivity contribution in [2.75, 3.05) is 27.7 Å². The van der Waals surface area contributed by atoms with Gasteiger partial charge in [-0.2, -0.15) is 0 Å². The van der Waals surface area contributed by atoms with Gasteiger partial charge in [0.25, 0.3) is 0 Å². The molecular weight excluding hydrogens is 338 g/mol. The van der Waals surface area contributed by atoms with Crippen LogP contribution in [0.15, 0.2) is 18.7 Å². The van der Waals surface area contributed by atoms with Gasteiger partial charge in [-0.05, 0) is 6.92 Å². The van der Waals surface area contributed by atoms with E-state index in [2.05, 4.69) is 32.6 Å². The topological polar surface area (TPSA) is 33.5 Å². The molecule has 1 rings (SSSR count). The van der Waals surface area contributed by atoms with E-state index in [0.29, 0.717) is 6.54 Å². The summed E-state index contributed by atoms with van der Waals surface area (Å²) in [5, 5.41) is 8.57. The minimum absolute atomic E-state index is 0. The first-order chi connectivity index (χ1) is 6.60. The molecule has 0 atom stereocenters. The van der Waals surface area contributed by atoms with Gasteiger partial charge in [-0.25, -0.2) is 9.13 Å². The Balaban J connectivity index is -0.000000249. The maximum Gasteiger partial charge on any atom is 0.243 e. The van der Waals surface area contributed by atoms with Crippen LogP contribution in [0.5, 0.6) is 0 Å². The van der Waals surface area contributed by atoms with Gasteiger partial charge in [0, 0.05) is 0 Å². The first-order valence-corrected chi connectivity index (χ1v) is 5.02. The molecule has 0 aliphatic heterocycles. The molecule has 4 nitrogen and oxygen atoms in total. The molecule has 0 aromatic carbocycles. The smallest absolute Gasteiger partial charge is 0.243 e. The van der Waals surface area contributed by atoms with Crippen LogP contribution in [0.25, 0.3) is 0 Å². The summed E-state index contributed by atoms with van der Waals surface area (Å²) in [7, 11) is 6.25. The Kier molecular flexibility index (Phi) is 17.6. The Morgan fingerprint density at radius 3 is 2.06 bits per heavy atom. The van der Waals surface area contributed by atoms with Gasteiger partial charge in [0.2, 0.25) is 6.33 Å². The molecule has 0 amide bonds. The fraction of sp³-hybridized carbons (Fsp3) is 0.700. The number of quaternary nitrogens is 1. The van der Waals surface area contributed by atoms with Crippen molar-refractivity contribution in [3.8, 4) is 0 Å². The third-order valence-corrected chi connectivity index (χ3v) is 1.47. The molecule has 0 spiro atoms. The van der Waals surface area contributed by atoms with Crippen molar-refractivity contribution in [3.05, 3.63) is 18.7 Å². The highest BCUT2D eigenvalue weighted by atomic mass is 79.9. The standard InChI is InChI=1S/C7H13N2O.C3H9N.2BrH/c1-2-8-3-4-9(7-8)5-6-10;1-4(2)3;;/h3-4,7,10H,2,5-6H2,1H3;1-3H3;2*1H/q+1;;;/p-1. The molecule has 1 aromatic rings. The van der Waals surface area contributed by atoms with Crippen LogP contribution in [-0.4, -0.2) is 37.4 Å². The molecule has 6 heteroatoms. The van der Waals surface area contributed by atoms with Crippen molar-refractivity contribution in [2.45, 2.75) is 20.0 Å². The van der Waals surface area contributed by atoms with Crippen LogP contribution in [-0.2, 0) is 13.1 Å². The lowest BCUT2D eigenvalue weighted by molar-refractivity contribution is -0.836. The van der Waals surface area contributed by atoms with Gasteiger partial charge < -0.3 is 44.0 Å². The van der Waals surface area contributed by atoms with Gasteiger partial charge in [0.15, 0.2) is 0 Å². The number of aliphatic hydroxyl groups excluding tert-OH is 1. The van der Waals surface area contributed by atoms with E-state index in [0.717, 1.165) is 6.54 Å². The molecular formula is C10H23Br2N3O. The second-order valence-corrected chi connectivity index (χ2v) is 3.71. The fourth-order valence-electron chi connectivity index (χ4n) is 0.874. The van der Waals surface area contributed by atoms with Crippen LogP contribution < -0.4 is 43.4 Å². The average molecular weight is 361 g/mol. The summed E-state index contributed by atoms with van der Waals surface area (Å²) in [5.41, 5.74) is 0. The lowest BCUT2D eigenvalue weighted by atomic mass is 10.7. The van der Waals surface area contributed by atoms with Crippen LogP contribution in [0.4, 0.5) is 0 Å². The number of halogens is 2. The number of rotatable bonds is 3. The minimum Gasteiger partial charge on any atom is -1.00 e. The summed E-state index contributed by atoms with van der Waals surface area (Å²) in [4.78, 5) is 1.42. The number of aliphatic hydroxyl groups is 1. The number of aryl methyl sites for hydroxylation is 1. The van der Waals surface area contributed by atoms with Gasteiger partial charge in [-0.1, -0.05) is 0 Å². The van der Waals surface area contributed by atoms with Crippen LogP contribution >= 0.6 is 0 Å². The highest BCUT2D eigenvalue weighted by Crippen LogP contribution is 1.81. The summed E-state index contributed by atoms with van der Waals surface area (Å²) in [5.74, 6) is 0. The van der Waals surface area contributed by atoms with Crippen molar-refractivity contribution >= 4 is 0 Å². The van der Waals surface area contributed by atoms with Gasteiger partial charge in [-0.15, -0.1) is 0 Å². The van der Waals surface area contributed by atoms with E-state index in [4.69, 9.17) is 5.11 Å². The van der Waals surface area contributed by atoms with Crippen molar-refractivity contribution in [1.82, 2.24) is 4.57 Å². The number of aromatic nitrogens is 2. The Morgan fingerprint density at radius 1 is 1.25 bits per heavy atom. The monoisotopic (exact) mass is 359 g/mol. The van der Waals surface area contributed by atoms with Crippen molar-refractivity contribution < 1.29 is 48.5 Å². The molecule has 0 saturated heterocycles. The molecule has 98 valence electrons. The first kappa shape index (κ1) is 21.4. The summed E-state index contributed by atoms with van der Waals surface area (Å²) < 4.78 is 4.03. The van der Waals surface area contributed by atoms with Gasteiger partial charge >= 0.3 is 0 Å². The zero-order valence-corrected chi connectivity index (χ0v) is 13.6. The number of nitrogens with one attached hydrogen (secondary N) is 1. The van der Waals surface area contributed by atoms with Gasteiger partial charge in [0.05, 0.1) is 34.3 Å². The number of nitrogens with zero attached hydrogens (tertiary/aromatic N) is 2. The van der Waals surface area contributed by atoms with E-state index in [-0.39, 0.29) is 40.6 Å². The highest BCUT2D eigenvalue weighted by Gasteiger charge is 1.98. The van der Waals surface area contributed by atoms with Gasteiger partial charge in [-0.3, -0.25) is 0 Å². The molecule has 1 aromatic heterocycles. The van der Waals surface area contributed by atoms with E-state index in [1.54, 1.807) is 0 Å². The Morgan fingerprint density at radius 2 is 1.75 bits per heavy atom. The van der Waals surface area contributed by atoms with Crippen LogP contribution in [0.2, 0.25) is 0 Å². The predicted octanol–water partition coefficient (Wildman–Crippen LogP) is -7.44. The highest BCUT2D eigenvalue weighted by molar-refractivity contribution is 4.64. The number of hydrogen-bond donors (Lipinski definition) is 2. The third kappa shape index (κ3) is 12.2. The first-order valence-electron chi connectivity index (χ1n) is 5.02. The molecule has 16 heavy (non-hydrogen) atoms. The summed E-state index contributed by atoms with van der Waals surface area (Å²) >= 11 is 0. The third-order valence-electron chi connectivity index (χ3n) is 1.47. The Labute approximate surface area is 119 Å². The zero-order valence-electron chi connectivity index (χ0n) is 10.5. The number of hydrogen-bond acceptors (Lipinski definition) is 1. The normalized spacial score (nSPS) is 8.62. The van der Waals surface area contributed by atoms with Crippen LogP contribution in [0.3, 0.4) is 0 Å². The van der Waals surface area contributed by atoms with E-state index in [9.17, 15) is 0 Å². The molecule has 0 bridgehead atoms. The van der Waals surface area contributed by atoms with E-state index >= 15 is 0 Å². The molecule has 0 saturated carbocycles. The second-order valence-electron chi connectivity index (χ2n) is 3.71. The Bertz CT molecular complexity index is 239. The summed E-state index contributed by atoms with van der Waals surface area (Å²) in [6.45, 7) is 3.97. The Hall–Kier alpha value is 0.0900. The predicted molar refractivity (Wildman–Crippen MR) is 56.1 cm³/mol. The van der Waals surface area contributed by atoms with Crippen molar-refractivity contribution in [3.63, 3.8) is 0 Å². The number of imidazole rings is 1. The van der Waals surface area contributed by atoms with Crippen LogP contribution in [0.1, 0.15) is 6.92 Å². The molecule has 0 aliphatic rings. The molecule has 0 unspecified atom stereocenters. The molecule has 2 N–H and O–H groups in total. The van der Waals surface area contributed by atoms with E-state index in [1.807, 2.05) is 23.3 Å². The molecule has 0 radical (unpaired) electrons. The second kappa shape index (κ2) is 13.2. The van der Waals surface area contributed by atoms with E-state index in [1.165, 1.54) is 4.90 Å². The lowest BCUT2D eigenvalue weighted by Gasteiger charge is -1.88. The van der Waals surface area contributed by atoms with E-state index < -0.39 is 0 Å². The molecule has 1 heterocycles. The van der Waals surface area contributed by atoms with Gasteiger partial charge in [0.1, 0.15) is 18.9 Å².